The molecule has 0 heterocycles. The van der Waals surface area contributed by atoms with Crippen LogP contribution in [0.15, 0.2) is 0 Å². The third-order valence-corrected chi connectivity index (χ3v) is 2.35. The molecule has 90 valence electrons. The van der Waals surface area contributed by atoms with Crippen LogP contribution in [-0.4, -0.2) is 38.8 Å². The lowest BCUT2D eigenvalue weighted by atomic mass is 10.3. The van der Waals surface area contributed by atoms with Gasteiger partial charge in [0.25, 0.3) is 0 Å². The Morgan fingerprint density at radius 2 is 1.93 bits per heavy atom. The van der Waals surface area contributed by atoms with Gasteiger partial charge in [-0.1, -0.05) is 0 Å². The summed E-state index contributed by atoms with van der Waals surface area (Å²) in [6, 6.07) is 0. The van der Waals surface area contributed by atoms with E-state index in [1.807, 2.05) is 0 Å². The molecule has 0 aromatic rings. The minimum absolute atomic E-state index is 0.732. The van der Waals surface area contributed by atoms with E-state index in [2.05, 4.69) is 10.5 Å². The summed E-state index contributed by atoms with van der Waals surface area (Å²) in [7, 11) is -3.55. The van der Waals surface area contributed by atoms with Gasteiger partial charge in [-0.05, 0) is 0 Å². The third kappa shape index (κ3) is 7.00. The molecule has 0 saturated heterocycles. The van der Waals surface area contributed by atoms with Gasteiger partial charge in [-0.15, -0.1) is 0 Å². The average molecular weight is 249 g/mol. The zero-order chi connectivity index (χ0) is 12.3. The van der Waals surface area contributed by atoms with Gasteiger partial charge in [0, 0.05) is 12.7 Å². The first-order valence-corrected chi connectivity index (χ1v) is 5.79. The monoisotopic (exact) mass is 249 g/mol. The molecule has 0 aliphatic rings. The fraction of sp³-hybridized carbons (Fsp3) is 0.833. The molecule has 0 aromatic heterocycles. The van der Waals surface area contributed by atoms with Gasteiger partial charge < -0.3 is 10.5 Å². The Bertz CT molecular complexity index is 324. The second-order valence-electron chi connectivity index (χ2n) is 2.89. The molecule has 0 fully saturated rings. The highest BCUT2D eigenvalue weighted by molar-refractivity contribution is 7.90. The number of sulfone groups is 1. The molecule has 9 heteroatoms. The predicted molar refractivity (Wildman–Crippen MR) is 44.8 cm³/mol. The van der Waals surface area contributed by atoms with Crippen LogP contribution in [0, 0.1) is 0 Å². The van der Waals surface area contributed by atoms with Gasteiger partial charge in [-0.2, -0.15) is 13.2 Å². The summed E-state index contributed by atoms with van der Waals surface area (Å²) in [5.74, 6) is -0.732. The average Bonchev–Trinajstić information content (AvgIpc) is 1.93. The molecule has 0 saturated carbocycles. The number of amides is 1. The van der Waals surface area contributed by atoms with Crippen molar-refractivity contribution >= 4 is 15.9 Å². The Balaban J connectivity index is 4.47. The van der Waals surface area contributed by atoms with Crippen LogP contribution >= 0.6 is 0 Å². The topological polar surface area (TPSA) is 86.5 Å². The molecule has 2 N–H and O–H groups in total. The SMILES string of the molecule is CS(=O)(=O)CCC(OC(N)=O)C(F)(F)F. The molecule has 1 unspecified atom stereocenters. The van der Waals surface area contributed by atoms with Crippen molar-refractivity contribution < 1.29 is 31.1 Å². The third-order valence-electron chi connectivity index (χ3n) is 1.37. The van der Waals surface area contributed by atoms with Crippen LogP contribution in [0.2, 0.25) is 0 Å². The number of rotatable bonds is 4. The molecule has 0 aliphatic carbocycles. The van der Waals surface area contributed by atoms with E-state index in [-0.39, 0.29) is 0 Å². The fourth-order valence-corrected chi connectivity index (χ4v) is 1.39. The van der Waals surface area contributed by atoms with Crippen LogP contribution in [0.3, 0.4) is 0 Å². The van der Waals surface area contributed by atoms with Gasteiger partial charge in [-0.3, -0.25) is 0 Å². The predicted octanol–water partition coefficient (Wildman–Crippen LogP) is 0.447. The fourth-order valence-electron chi connectivity index (χ4n) is 0.751. The molecular formula is C6H10F3NO4S. The molecule has 0 radical (unpaired) electrons. The Morgan fingerprint density at radius 1 is 1.47 bits per heavy atom. The highest BCUT2D eigenvalue weighted by Gasteiger charge is 2.42. The molecular weight excluding hydrogens is 239 g/mol. The molecule has 1 amide bonds. The van der Waals surface area contributed by atoms with Gasteiger partial charge >= 0.3 is 12.3 Å². The van der Waals surface area contributed by atoms with Crippen molar-refractivity contribution in [2.75, 3.05) is 12.0 Å². The number of hydrogen-bond acceptors (Lipinski definition) is 4. The van der Waals surface area contributed by atoms with Crippen molar-refractivity contribution in [3.05, 3.63) is 0 Å². The van der Waals surface area contributed by atoms with Crippen LogP contribution in [0.25, 0.3) is 0 Å². The van der Waals surface area contributed by atoms with Gasteiger partial charge in [0.1, 0.15) is 9.84 Å². The maximum Gasteiger partial charge on any atom is 0.425 e. The second kappa shape index (κ2) is 4.69. The van der Waals surface area contributed by atoms with Crippen molar-refractivity contribution in [3.8, 4) is 0 Å². The summed E-state index contributed by atoms with van der Waals surface area (Å²) >= 11 is 0. The summed E-state index contributed by atoms with van der Waals surface area (Å²) in [5, 5.41) is 0. The summed E-state index contributed by atoms with van der Waals surface area (Å²) in [6.45, 7) is 0. The molecule has 1 atom stereocenters. The molecule has 0 bridgehead atoms. The minimum Gasteiger partial charge on any atom is -0.437 e. The van der Waals surface area contributed by atoms with E-state index in [0.717, 1.165) is 6.26 Å². The number of carbonyl (C=O) groups excluding carboxylic acids is 1. The number of carbonyl (C=O) groups is 1. The summed E-state index contributed by atoms with van der Waals surface area (Å²) < 4.78 is 61.4. The number of halogens is 3. The Morgan fingerprint density at radius 3 is 2.20 bits per heavy atom. The van der Waals surface area contributed by atoms with E-state index in [0.29, 0.717) is 0 Å². The Hall–Kier alpha value is -0.990. The van der Waals surface area contributed by atoms with Crippen LogP contribution < -0.4 is 5.73 Å². The van der Waals surface area contributed by atoms with Gasteiger partial charge in [0.05, 0.1) is 5.75 Å². The smallest absolute Gasteiger partial charge is 0.425 e. The van der Waals surface area contributed by atoms with Crippen LogP contribution in [0.4, 0.5) is 18.0 Å². The molecule has 0 aromatic carbocycles. The van der Waals surface area contributed by atoms with Crippen LogP contribution in [0.5, 0.6) is 0 Å². The number of nitrogens with two attached hydrogens (primary N) is 1. The Labute approximate surface area is 84.3 Å². The van der Waals surface area contributed by atoms with Gasteiger partial charge in [-0.25, -0.2) is 13.2 Å². The number of hydrogen-bond donors (Lipinski definition) is 1. The van der Waals surface area contributed by atoms with Crippen molar-refractivity contribution in [1.82, 2.24) is 0 Å². The second-order valence-corrected chi connectivity index (χ2v) is 5.15. The van der Waals surface area contributed by atoms with E-state index in [1.165, 1.54) is 0 Å². The quantitative estimate of drug-likeness (QED) is 0.783. The molecule has 15 heavy (non-hydrogen) atoms. The first-order chi connectivity index (χ1) is 6.52. The molecule has 0 aliphatic heterocycles. The summed E-state index contributed by atoms with van der Waals surface area (Å²) in [4.78, 5) is 10.1. The lowest BCUT2D eigenvalue weighted by Crippen LogP contribution is -2.37. The normalized spacial score (nSPS) is 14.7. The largest absolute Gasteiger partial charge is 0.437 e. The first-order valence-electron chi connectivity index (χ1n) is 3.73. The number of ether oxygens (including phenoxy) is 1. The zero-order valence-corrected chi connectivity index (χ0v) is 8.56. The van der Waals surface area contributed by atoms with Crippen molar-refractivity contribution in [2.45, 2.75) is 18.7 Å². The van der Waals surface area contributed by atoms with Gasteiger partial charge in [0.2, 0.25) is 0 Å². The number of alkyl halides is 3. The zero-order valence-electron chi connectivity index (χ0n) is 7.74. The minimum atomic E-state index is -4.82. The maximum atomic E-state index is 12.1. The van der Waals surface area contributed by atoms with Crippen molar-refractivity contribution in [1.29, 1.82) is 0 Å². The van der Waals surface area contributed by atoms with Crippen molar-refractivity contribution in [2.24, 2.45) is 5.73 Å². The highest BCUT2D eigenvalue weighted by atomic mass is 32.2. The lowest BCUT2D eigenvalue weighted by Gasteiger charge is -2.18. The maximum absolute atomic E-state index is 12.1. The van der Waals surface area contributed by atoms with E-state index < -0.39 is 40.4 Å². The van der Waals surface area contributed by atoms with E-state index in [9.17, 15) is 26.4 Å². The number of primary amides is 1. The summed E-state index contributed by atoms with van der Waals surface area (Å²) in [6.07, 6.45) is -8.97. The Kier molecular flexibility index (Phi) is 4.38. The van der Waals surface area contributed by atoms with Gasteiger partial charge in [0.15, 0.2) is 6.10 Å². The van der Waals surface area contributed by atoms with E-state index in [1.54, 1.807) is 0 Å². The van der Waals surface area contributed by atoms with E-state index in [4.69, 9.17) is 0 Å². The van der Waals surface area contributed by atoms with Crippen LogP contribution in [0.1, 0.15) is 6.42 Å². The first kappa shape index (κ1) is 14.0. The molecule has 0 rings (SSSR count). The highest BCUT2D eigenvalue weighted by Crippen LogP contribution is 2.25. The van der Waals surface area contributed by atoms with Crippen LogP contribution in [-0.2, 0) is 14.6 Å². The van der Waals surface area contributed by atoms with Crippen molar-refractivity contribution in [3.63, 3.8) is 0 Å². The standard InChI is InChI=1S/C6H10F3NO4S/c1-15(12,13)3-2-4(6(7,8)9)14-5(10)11/h4H,2-3H2,1H3,(H2,10,11). The summed E-state index contributed by atoms with van der Waals surface area (Å²) in [5.41, 5.74) is 4.42. The molecule has 0 spiro atoms. The van der Waals surface area contributed by atoms with E-state index >= 15 is 0 Å². The molecule has 5 nitrogen and oxygen atoms in total. The lowest BCUT2D eigenvalue weighted by molar-refractivity contribution is -0.202.